The molecule has 21 heavy (non-hydrogen) atoms. The third kappa shape index (κ3) is 3.54. The first-order valence-electron chi connectivity index (χ1n) is 6.82. The molecule has 0 radical (unpaired) electrons. The molecule has 0 fully saturated rings. The summed E-state index contributed by atoms with van der Waals surface area (Å²) in [5.41, 5.74) is 8.62. The van der Waals surface area contributed by atoms with Gasteiger partial charge in [0.1, 0.15) is 11.4 Å². The SMILES string of the molecule is C=CCc1cc(C(C)(C)C)cc(C2=CSC(N)N=N2)c1O. The first-order valence-corrected chi connectivity index (χ1v) is 7.77. The van der Waals surface area contributed by atoms with Gasteiger partial charge in [0.25, 0.3) is 0 Å². The lowest BCUT2D eigenvalue weighted by atomic mass is 9.84. The van der Waals surface area contributed by atoms with E-state index in [1.54, 1.807) is 6.08 Å². The van der Waals surface area contributed by atoms with Crippen LogP contribution in [0, 0.1) is 0 Å². The average molecular weight is 303 g/mol. The van der Waals surface area contributed by atoms with Crippen molar-refractivity contribution in [1.29, 1.82) is 0 Å². The lowest BCUT2D eigenvalue weighted by molar-refractivity contribution is 0.466. The fourth-order valence-corrected chi connectivity index (χ4v) is 2.60. The molecule has 0 saturated heterocycles. The molecule has 112 valence electrons. The predicted octanol–water partition coefficient (Wildman–Crippen LogP) is 4.16. The predicted molar refractivity (Wildman–Crippen MR) is 89.1 cm³/mol. The molecule has 1 aliphatic rings. The van der Waals surface area contributed by atoms with Gasteiger partial charge in [-0.2, -0.15) is 10.2 Å². The van der Waals surface area contributed by atoms with Gasteiger partial charge in [-0.15, -0.1) is 6.58 Å². The van der Waals surface area contributed by atoms with Crippen LogP contribution in [0.5, 0.6) is 5.75 Å². The molecule has 2 rings (SSSR count). The minimum Gasteiger partial charge on any atom is -0.507 e. The van der Waals surface area contributed by atoms with Crippen molar-refractivity contribution in [2.24, 2.45) is 16.0 Å². The van der Waals surface area contributed by atoms with E-state index in [0.29, 0.717) is 17.7 Å². The van der Waals surface area contributed by atoms with Crippen LogP contribution in [-0.4, -0.2) is 10.6 Å². The standard InChI is InChI=1S/C16H21N3OS/c1-5-6-10-7-11(16(2,3)4)8-12(14(10)20)13-9-21-15(17)19-18-13/h5,7-9,15,20H,1,6,17H2,2-4H3. The van der Waals surface area contributed by atoms with Gasteiger partial charge in [-0.25, -0.2) is 0 Å². The highest BCUT2D eigenvalue weighted by Gasteiger charge is 2.21. The Bertz CT molecular complexity index is 615. The number of hydrogen-bond acceptors (Lipinski definition) is 5. The number of rotatable bonds is 3. The third-order valence-corrected chi connectivity index (χ3v) is 4.03. The molecule has 5 heteroatoms. The van der Waals surface area contributed by atoms with Crippen molar-refractivity contribution in [2.45, 2.75) is 38.1 Å². The summed E-state index contributed by atoms with van der Waals surface area (Å²) in [5.74, 6) is 0.240. The van der Waals surface area contributed by atoms with Gasteiger partial charge in [0.15, 0.2) is 5.50 Å². The van der Waals surface area contributed by atoms with Gasteiger partial charge in [0, 0.05) is 11.0 Å². The third-order valence-electron chi connectivity index (χ3n) is 3.29. The number of nitrogens with two attached hydrogens (primary N) is 1. The van der Waals surface area contributed by atoms with Crippen LogP contribution in [0.2, 0.25) is 0 Å². The molecule has 1 unspecified atom stereocenters. The summed E-state index contributed by atoms with van der Waals surface area (Å²) in [6.07, 6.45) is 2.40. The molecule has 0 amide bonds. The summed E-state index contributed by atoms with van der Waals surface area (Å²) in [6.45, 7) is 10.2. The van der Waals surface area contributed by atoms with Crippen LogP contribution in [0.4, 0.5) is 0 Å². The maximum atomic E-state index is 10.5. The summed E-state index contributed by atoms with van der Waals surface area (Å²) in [7, 11) is 0. The first-order chi connectivity index (χ1) is 9.82. The van der Waals surface area contributed by atoms with Crippen LogP contribution in [-0.2, 0) is 11.8 Å². The van der Waals surface area contributed by atoms with Crippen molar-refractivity contribution >= 4 is 17.5 Å². The highest BCUT2D eigenvalue weighted by molar-refractivity contribution is 8.02. The Morgan fingerprint density at radius 3 is 2.67 bits per heavy atom. The van der Waals surface area contributed by atoms with Crippen LogP contribution in [0.25, 0.3) is 5.70 Å². The number of hydrogen-bond donors (Lipinski definition) is 2. The molecule has 0 saturated carbocycles. The van der Waals surface area contributed by atoms with E-state index in [0.717, 1.165) is 11.1 Å². The second-order valence-electron chi connectivity index (χ2n) is 6.02. The van der Waals surface area contributed by atoms with Gasteiger partial charge in [0.2, 0.25) is 0 Å². The molecule has 1 aromatic rings. The van der Waals surface area contributed by atoms with Crippen molar-refractivity contribution in [3.63, 3.8) is 0 Å². The minimum absolute atomic E-state index is 0.0196. The van der Waals surface area contributed by atoms with Crippen LogP contribution >= 0.6 is 11.8 Å². The monoisotopic (exact) mass is 303 g/mol. The zero-order valence-electron chi connectivity index (χ0n) is 12.6. The molecule has 0 aromatic heterocycles. The number of nitrogens with zero attached hydrogens (tertiary/aromatic N) is 2. The fraction of sp³-hybridized carbons (Fsp3) is 0.375. The fourth-order valence-electron chi connectivity index (χ4n) is 2.06. The van der Waals surface area contributed by atoms with E-state index < -0.39 is 0 Å². The summed E-state index contributed by atoms with van der Waals surface area (Å²) in [4.78, 5) is 0. The number of aromatic hydroxyl groups is 1. The van der Waals surface area contributed by atoms with Gasteiger partial charge >= 0.3 is 0 Å². The highest BCUT2D eigenvalue weighted by atomic mass is 32.2. The number of benzene rings is 1. The van der Waals surface area contributed by atoms with Gasteiger partial charge in [-0.3, -0.25) is 5.73 Å². The molecule has 3 N–H and O–H groups in total. The number of azo groups is 1. The molecule has 1 heterocycles. The quantitative estimate of drug-likeness (QED) is 0.824. The number of phenolic OH excluding ortho intramolecular Hbond substituents is 1. The van der Waals surface area contributed by atoms with Gasteiger partial charge in [0.05, 0.1) is 0 Å². The molecule has 1 aliphatic heterocycles. The molecule has 0 spiro atoms. The molecule has 4 nitrogen and oxygen atoms in total. The van der Waals surface area contributed by atoms with E-state index in [1.807, 2.05) is 17.5 Å². The molecule has 1 atom stereocenters. The van der Waals surface area contributed by atoms with E-state index in [9.17, 15) is 5.11 Å². The Kier molecular flexibility index (Phi) is 4.54. The summed E-state index contributed by atoms with van der Waals surface area (Å²) < 4.78 is 0. The lowest BCUT2D eigenvalue weighted by Crippen LogP contribution is -2.13. The summed E-state index contributed by atoms with van der Waals surface area (Å²) >= 11 is 1.39. The van der Waals surface area contributed by atoms with Crippen molar-refractivity contribution in [3.8, 4) is 5.75 Å². The maximum absolute atomic E-state index is 10.5. The molecular weight excluding hydrogens is 282 g/mol. The second kappa shape index (κ2) is 6.03. The Labute approximate surface area is 129 Å². The van der Waals surface area contributed by atoms with Crippen molar-refractivity contribution in [2.75, 3.05) is 0 Å². The topological polar surface area (TPSA) is 71.0 Å². The van der Waals surface area contributed by atoms with Crippen molar-refractivity contribution < 1.29 is 5.11 Å². The number of phenols is 1. The van der Waals surface area contributed by atoms with E-state index in [1.165, 1.54) is 11.8 Å². The van der Waals surface area contributed by atoms with E-state index in [2.05, 4.69) is 37.6 Å². The van der Waals surface area contributed by atoms with Crippen molar-refractivity contribution in [1.82, 2.24) is 0 Å². The van der Waals surface area contributed by atoms with Gasteiger partial charge in [-0.1, -0.05) is 44.7 Å². The smallest absolute Gasteiger partial charge is 0.169 e. The van der Waals surface area contributed by atoms with Gasteiger partial charge < -0.3 is 5.11 Å². The van der Waals surface area contributed by atoms with Crippen LogP contribution in [0.15, 0.2) is 40.4 Å². The van der Waals surface area contributed by atoms with E-state index >= 15 is 0 Å². The van der Waals surface area contributed by atoms with Crippen molar-refractivity contribution in [3.05, 3.63) is 46.9 Å². The van der Waals surface area contributed by atoms with Crippen LogP contribution < -0.4 is 5.73 Å². The Hall–Kier alpha value is -1.59. The highest BCUT2D eigenvalue weighted by Crippen LogP contribution is 2.38. The van der Waals surface area contributed by atoms with Crippen LogP contribution in [0.3, 0.4) is 0 Å². The Balaban J connectivity index is 2.56. The number of thioether (sulfide) groups is 1. The van der Waals surface area contributed by atoms with E-state index in [-0.39, 0.29) is 16.7 Å². The average Bonchev–Trinajstić information content (AvgIpc) is 2.41. The van der Waals surface area contributed by atoms with E-state index in [4.69, 9.17) is 5.73 Å². The minimum atomic E-state index is -0.366. The summed E-state index contributed by atoms with van der Waals surface area (Å²) in [5, 5.41) is 20.4. The molecule has 1 aromatic carbocycles. The first kappa shape index (κ1) is 15.8. The largest absolute Gasteiger partial charge is 0.507 e. The molecular formula is C16H21N3OS. The van der Waals surface area contributed by atoms with Crippen LogP contribution in [0.1, 0.15) is 37.5 Å². The second-order valence-corrected chi connectivity index (χ2v) is 7.01. The lowest BCUT2D eigenvalue weighted by Gasteiger charge is -2.22. The summed E-state index contributed by atoms with van der Waals surface area (Å²) in [6, 6.07) is 4.00. The molecule has 0 bridgehead atoms. The number of allylic oxidation sites excluding steroid dienone is 1. The molecule has 0 aliphatic carbocycles. The Morgan fingerprint density at radius 2 is 2.14 bits per heavy atom. The normalized spacial score (nSPS) is 18.5. The zero-order valence-corrected chi connectivity index (χ0v) is 13.4. The van der Waals surface area contributed by atoms with Gasteiger partial charge in [-0.05, 0) is 29.0 Å². The Morgan fingerprint density at radius 1 is 1.43 bits per heavy atom. The zero-order chi connectivity index (χ0) is 15.6. The maximum Gasteiger partial charge on any atom is 0.169 e.